The van der Waals surface area contributed by atoms with Crippen LogP contribution in [0.5, 0.6) is 0 Å². The van der Waals surface area contributed by atoms with Gasteiger partial charge in [0, 0.05) is 22.5 Å². The summed E-state index contributed by atoms with van der Waals surface area (Å²) in [4.78, 5) is 29.5. The van der Waals surface area contributed by atoms with Crippen molar-refractivity contribution in [3.05, 3.63) is 75.7 Å². The van der Waals surface area contributed by atoms with Crippen LogP contribution < -0.4 is 10.9 Å². The lowest BCUT2D eigenvalue weighted by Crippen LogP contribution is -2.25. The van der Waals surface area contributed by atoms with Gasteiger partial charge in [0.05, 0.1) is 11.0 Å². The number of hydrogen-bond donors (Lipinski definition) is 1. The van der Waals surface area contributed by atoms with Gasteiger partial charge in [-0.15, -0.1) is 0 Å². The standard InChI is InChI=1S/C19H15ClN4O2/c1-12-9-18(26)24-16-8-3-2-7-15(16)22-19(24)23(12)11-17(25)21-14-6-4-5-13(20)10-14/h2-10H,11H2,1H3,(H,21,25). The second-order valence-corrected chi connectivity index (χ2v) is 6.44. The Labute approximate surface area is 153 Å². The van der Waals surface area contributed by atoms with E-state index in [0.29, 0.717) is 27.7 Å². The largest absolute Gasteiger partial charge is 0.324 e. The summed E-state index contributed by atoms with van der Waals surface area (Å²) < 4.78 is 3.25. The third kappa shape index (κ3) is 2.84. The van der Waals surface area contributed by atoms with Crippen LogP contribution in [-0.2, 0) is 11.3 Å². The van der Waals surface area contributed by atoms with Crippen molar-refractivity contribution in [3.8, 4) is 0 Å². The summed E-state index contributed by atoms with van der Waals surface area (Å²) in [5.74, 6) is 0.213. The predicted molar refractivity (Wildman–Crippen MR) is 102 cm³/mol. The third-order valence-corrected chi connectivity index (χ3v) is 4.41. The average Bonchev–Trinajstić information content (AvgIpc) is 2.98. The number of rotatable bonds is 3. The van der Waals surface area contributed by atoms with E-state index in [1.165, 1.54) is 10.5 Å². The molecule has 2 heterocycles. The Balaban J connectivity index is 1.76. The molecule has 0 unspecified atom stereocenters. The highest BCUT2D eigenvalue weighted by Gasteiger charge is 2.14. The number of nitrogens with zero attached hydrogens (tertiary/aromatic N) is 3. The van der Waals surface area contributed by atoms with Gasteiger partial charge in [0.15, 0.2) is 0 Å². The molecular weight excluding hydrogens is 352 g/mol. The van der Waals surface area contributed by atoms with Gasteiger partial charge in [0.2, 0.25) is 11.7 Å². The molecule has 2 aromatic heterocycles. The molecule has 26 heavy (non-hydrogen) atoms. The van der Waals surface area contributed by atoms with Crippen molar-refractivity contribution in [2.45, 2.75) is 13.5 Å². The number of carbonyl (C=O) groups is 1. The summed E-state index contributed by atoms with van der Waals surface area (Å²) >= 11 is 5.95. The molecule has 0 spiro atoms. The molecule has 0 fully saturated rings. The second kappa shape index (κ2) is 6.31. The topological polar surface area (TPSA) is 68.4 Å². The predicted octanol–water partition coefficient (Wildman–Crippen LogP) is 3.25. The first-order valence-corrected chi connectivity index (χ1v) is 8.44. The molecule has 0 aliphatic rings. The van der Waals surface area contributed by atoms with Gasteiger partial charge < -0.3 is 9.88 Å². The number of carbonyl (C=O) groups excluding carboxylic acids is 1. The maximum absolute atomic E-state index is 12.5. The van der Waals surface area contributed by atoms with Gasteiger partial charge >= 0.3 is 0 Å². The first-order chi connectivity index (χ1) is 12.5. The number of halogens is 1. The Bertz CT molecular complexity index is 1210. The maximum Gasteiger partial charge on any atom is 0.259 e. The van der Waals surface area contributed by atoms with Gasteiger partial charge in [-0.05, 0) is 37.3 Å². The zero-order chi connectivity index (χ0) is 18.3. The lowest BCUT2D eigenvalue weighted by Gasteiger charge is -2.12. The minimum atomic E-state index is -0.229. The molecular formula is C19H15ClN4O2. The van der Waals surface area contributed by atoms with Gasteiger partial charge in [-0.1, -0.05) is 29.8 Å². The monoisotopic (exact) mass is 366 g/mol. The molecule has 6 nitrogen and oxygen atoms in total. The van der Waals surface area contributed by atoms with E-state index in [1.807, 2.05) is 24.3 Å². The molecule has 0 aliphatic carbocycles. The smallest absolute Gasteiger partial charge is 0.259 e. The number of nitrogens with one attached hydrogen (secondary N) is 1. The highest BCUT2D eigenvalue weighted by Crippen LogP contribution is 2.17. The van der Waals surface area contributed by atoms with E-state index in [0.717, 1.165) is 5.52 Å². The molecule has 1 N–H and O–H groups in total. The van der Waals surface area contributed by atoms with E-state index in [1.54, 1.807) is 35.8 Å². The average molecular weight is 367 g/mol. The molecule has 0 bridgehead atoms. The molecule has 1 amide bonds. The molecule has 4 rings (SSSR count). The molecule has 0 aliphatic heterocycles. The maximum atomic E-state index is 12.5. The molecule has 2 aromatic carbocycles. The molecule has 0 saturated heterocycles. The zero-order valence-corrected chi connectivity index (χ0v) is 14.7. The molecule has 7 heteroatoms. The first kappa shape index (κ1) is 16.4. The van der Waals surface area contributed by atoms with Gasteiger partial charge in [0.25, 0.3) is 5.56 Å². The molecule has 0 radical (unpaired) electrons. The number of benzene rings is 2. The molecule has 0 atom stereocenters. The van der Waals surface area contributed by atoms with Crippen LogP contribution >= 0.6 is 11.6 Å². The Hall–Kier alpha value is -3.12. The fourth-order valence-electron chi connectivity index (χ4n) is 3.00. The Morgan fingerprint density at radius 3 is 2.77 bits per heavy atom. The van der Waals surface area contributed by atoms with Crippen LogP contribution in [0.2, 0.25) is 5.02 Å². The lowest BCUT2D eigenvalue weighted by atomic mass is 10.3. The normalized spacial score (nSPS) is 11.2. The number of para-hydroxylation sites is 2. The van der Waals surface area contributed by atoms with Crippen LogP contribution in [0.25, 0.3) is 16.8 Å². The fraction of sp³-hybridized carbons (Fsp3) is 0.105. The SMILES string of the molecule is Cc1cc(=O)n2c3ccccc3nc2n1CC(=O)Nc1cccc(Cl)c1. The minimum Gasteiger partial charge on any atom is -0.324 e. The number of anilines is 1. The van der Waals surface area contributed by atoms with Crippen molar-refractivity contribution >= 4 is 40.0 Å². The molecule has 130 valence electrons. The second-order valence-electron chi connectivity index (χ2n) is 6.00. The number of aryl methyl sites for hydroxylation is 1. The van der Waals surface area contributed by atoms with Gasteiger partial charge in [-0.3, -0.25) is 9.59 Å². The van der Waals surface area contributed by atoms with Crippen molar-refractivity contribution in [3.63, 3.8) is 0 Å². The summed E-state index contributed by atoms with van der Waals surface area (Å²) in [7, 11) is 0. The summed E-state index contributed by atoms with van der Waals surface area (Å²) in [6.45, 7) is 1.82. The van der Waals surface area contributed by atoms with E-state index >= 15 is 0 Å². The van der Waals surface area contributed by atoms with Crippen molar-refractivity contribution in [1.29, 1.82) is 0 Å². The van der Waals surface area contributed by atoms with Crippen molar-refractivity contribution < 1.29 is 4.79 Å². The highest BCUT2D eigenvalue weighted by atomic mass is 35.5. The number of aromatic nitrogens is 3. The van der Waals surface area contributed by atoms with Crippen molar-refractivity contribution in [1.82, 2.24) is 14.0 Å². The summed E-state index contributed by atoms with van der Waals surface area (Å²) in [5, 5.41) is 3.36. The first-order valence-electron chi connectivity index (χ1n) is 8.06. The van der Waals surface area contributed by atoms with E-state index < -0.39 is 0 Å². The third-order valence-electron chi connectivity index (χ3n) is 4.17. The van der Waals surface area contributed by atoms with Crippen LogP contribution in [-0.4, -0.2) is 19.9 Å². The van der Waals surface area contributed by atoms with Crippen LogP contribution in [0, 0.1) is 6.92 Å². The minimum absolute atomic E-state index is 0.0332. The summed E-state index contributed by atoms with van der Waals surface area (Å²) in [5.41, 5.74) is 2.54. The highest BCUT2D eigenvalue weighted by molar-refractivity contribution is 6.30. The van der Waals surface area contributed by atoms with Crippen LogP contribution in [0.4, 0.5) is 5.69 Å². The quantitative estimate of drug-likeness (QED) is 0.605. The Kier molecular flexibility index (Phi) is 3.97. The van der Waals surface area contributed by atoms with E-state index in [4.69, 9.17) is 11.6 Å². The fourth-order valence-corrected chi connectivity index (χ4v) is 3.19. The zero-order valence-electron chi connectivity index (χ0n) is 13.9. The van der Waals surface area contributed by atoms with E-state index in [9.17, 15) is 9.59 Å². The van der Waals surface area contributed by atoms with Crippen LogP contribution in [0.1, 0.15) is 5.69 Å². The summed E-state index contributed by atoms with van der Waals surface area (Å²) in [6, 6.07) is 15.8. The Morgan fingerprint density at radius 1 is 1.15 bits per heavy atom. The number of fused-ring (bicyclic) bond motifs is 3. The molecule has 4 aromatic rings. The molecule has 0 saturated carbocycles. The van der Waals surface area contributed by atoms with Gasteiger partial charge in [-0.2, -0.15) is 0 Å². The van der Waals surface area contributed by atoms with Crippen LogP contribution in [0.3, 0.4) is 0 Å². The van der Waals surface area contributed by atoms with E-state index in [-0.39, 0.29) is 18.0 Å². The number of imidazole rings is 1. The summed E-state index contributed by atoms with van der Waals surface area (Å²) in [6.07, 6.45) is 0. The lowest BCUT2D eigenvalue weighted by molar-refractivity contribution is -0.116. The number of amides is 1. The van der Waals surface area contributed by atoms with E-state index in [2.05, 4.69) is 10.3 Å². The van der Waals surface area contributed by atoms with Crippen molar-refractivity contribution in [2.75, 3.05) is 5.32 Å². The van der Waals surface area contributed by atoms with Crippen LogP contribution in [0.15, 0.2) is 59.4 Å². The van der Waals surface area contributed by atoms with Gasteiger partial charge in [0.1, 0.15) is 6.54 Å². The Morgan fingerprint density at radius 2 is 1.96 bits per heavy atom. The number of hydrogen-bond acceptors (Lipinski definition) is 3. The van der Waals surface area contributed by atoms with Crippen molar-refractivity contribution in [2.24, 2.45) is 0 Å². The van der Waals surface area contributed by atoms with Gasteiger partial charge in [-0.25, -0.2) is 9.38 Å².